The largest absolute Gasteiger partial charge is 0.417 e. The molecule has 3 aromatic rings. The number of benzene rings is 1. The molecule has 0 unspecified atom stereocenters. The fourth-order valence-corrected chi connectivity index (χ4v) is 2.73. The lowest BCUT2D eigenvalue weighted by Gasteiger charge is -2.11. The number of rotatable bonds is 4. The minimum absolute atomic E-state index is 0.503. The smallest absolute Gasteiger partial charge is 0.348 e. The van der Waals surface area contributed by atoms with Crippen LogP contribution in [0.5, 0.6) is 0 Å². The number of aryl methyl sites for hydroxylation is 1. The van der Waals surface area contributed by atoms with Crippen LogP contribution in [0.3, 0.4) is 0 Å². The molecule has 0 saturated carbocycles. The maximum Gasteiger partial charge on any atom is 0.417 e. The third kappa shape index (κ3) is 3.63. The van der Waals surface area contributed by atoms with Crippen LogP contribution in [-0.2, 0) is 24.1 Å². The van der Waals surface area contributed by atoms with Gasteiger partial charge in [-0.3, -0.25) is 9.59 Å². The molecular formula is C18H16F3N3O2. The molecule has 136 valence electrons. The summed E-state index contributed by atoms with van der Waals surface area (Å²) in [5.74, 6) is -0.583. The van der Waals surface area contributed by atoms with E-state index >= 15 is 0 Å². The molecule has 1 aromatic carbocycles. The number of carbonyl (C=O) groups is 1. The topological polar surface area (TPSA) is 56.0 Å². The van der Waals surface area contributed by atoms with Crippen LogP contribution in [0.2, 0.25) is 0 Å². The predicted octanol–water partition coefficient (Wildman–Crippen LogP) is 3.48. The Morgan fingerprint density at radius 1 is 1.12 bits per heavy atom. The van der Waals surface area contributed by atoms with Crippen molar-refractivity contribution in [2.45, 2.75) is 26.2 Å². The molecule has 0 fully saturated rings. The number of nitrogens with one attached hydrogen (secondary N) is 1. The summed E-state index contributed by atoms with van der Waals surface area (Å²) in [6.07, 6.45) is -2.01. The Morgan fingerprint density at radius 3 is 2.58 bits per heavy atom. The SMILES string of the molecule is CCn1ccc2cc(NC(=O)Cn3cc(C(F)(F)F)ccc3=O)ccc21. The van der Waals surface area contributed by atoms with Crippen LogP contribution >= 0.6 is 0 Å². The van der Waals surface area contributed by atoms with Gasteiger partial charge in [-0.05, 0) is 37.3 Å². The van der Waals surface area contributed by atoms with E-state index in [0.29, 0.717) is 18.0 Å². The molecule has 0 bridgehead atoms. The molecule has 0 saturated heterocycles. The second-order valence-electron chi connectivity index (χ2n) is 5.81. The van der Waals surface area contributed by atoms with E-state index in [0.717, 1.165) is 28.1 Å². The number of carbonyl (C=O) groups excluding carboxylic acids is 1. The van der Waals surface area contributed by atoms with Crippen molar-refractivity contribution in [2.75, 3.05) is 5.32 Å². The second kappa shape index (κ2) is 6.70. The highest BCUT2D eigenvalue weighted by molar-refractivity contribution is 5.93. The standard InChI is InChI=1S/C18H16F3N3O2/c1-2-23-8-7-12-9-14(4-5-15(12)23)22-16(25)11-24-10-13(18(19,20)21)3-6-17(24)26/h3-10H,2,11H2,1H3,(H,22,25). The Hall–Kier alpha value is -3.03. The maximum absolute atomic E-state index is 12.7. The summed E-state index contributed by atoms with van der Waals surface area (Å²) in [7, 11) is 0. The Bertz CT molecular complexity index is 1020. The van der Waals surface area contributed by atoms with Gasteiger partial charge in [-0.1, -0.05) is 0 Å². The van der Waals surface area contributed by atoms with Gasteiger partial charge >= 0.3 is 6.18 Å². The van der Waals surface area contributed by atoms with Crippen LogP contribution in [0.15, 0.2) is 53.6 Å². The first-order valence-electron chi connectivity index (χ1n) is 7.94. The number of amides is 1. The zero-order valence-electron chi connectivity index (χ0n) is 13.9. The maximum atomic E-state index is 12.7. The molecular weight excluding hydrogens is 347 g/mol. The van der Waals surface area contributed by atoms with Crippen molar-refractivity contribution in [3.05, 3.63) is 64.7 Å². The quantitative estimate of drug-likeness (QED) is 0.772. The molecule has 0 aliphatic rings. The van der Waals surface area contributed by atoms with Crippen molar-refractivity contribution in [3.63, 3.8) is 0 Å². The first kappa shape index (κ1) is 17.8. The predicted molar refractivity (Wildman–Crippen MR) is 91.9 cm³/mol. The molecule has 1 N–H and O–H groups in total. The number of anilines is 1. The van der Waals surface area contributed by atoms with E-state index in [2.05, 4.69) is 5.32 Å². The molecule has 0 atom stereocenters. The number of aromatic nitrogens is 2. The lowest BCUT2D eigenvalue weighted by molar-refractivity contribution is -0.138. The Labute approximate surface area is 146 Å². The third-order valence-corrected chi connectivity index (χ3v) is 4.02. The minimum atomic E-state index is -4.58. The van der Waals surface area contributed by atoms with Gasteiger partial charge in [0.25, 0.3) is 5.56 Å². The lowest BCUT2D eigenvalue weighted by atomic mass is 10.2. The van der Waals surface area contributed by atoms with E-state index in [1.807, 2.05) is 29.8 Å². The number of hydrogen-bond acceptors (Lipinski definition) is 2. The molecule has 0 aliphatic carbocycles. The average molecular weight is 363 g/mol. The van der Waals surface area contributed by atoms with Crippen LogP contribution in [0.1, 0.15) is 12.5 Å². The van der Waals surface area contributed by atoms with Crippen LogP contribution in [0.4, 0.5) is 18.9 Å². The summed E-state index contributed by atoms with van der Waals surface area (Å²) in [5, 5.41) is 3.54. The fourth-order valence-electron chi connectivity index (χ4n) is 2.73. The zero-order valence-corrected chi connectivity index (χ0v) is 13.9. The summed E-state index contributed by atoms with van der Waals surface area (Å²) in [5.41, 5.74) is -0.133. The van der Waals surface area contributed by atoms with Crippen LogP contribution in [0, 0.1) is 0 Å². The van der Waals surface area contributed by atoms with E-state index in [-0.39, 0.29) is 0 Å². The molecule has 8 heteroatoms. The Kier molecular flexibility index (Phi) is 4.58. The van der Waals surface area contributed by atoms with Crippen molar-refractivity contribution in [1.29, 1.82) is 0 Å². The molecule has 2 heterocycles. The van der Waals surface area contributed by atoms with Gasteiger partial charge in [0.2, 0.25) is 5.91 Å². The van der Waals surface area contributed by atoms with Crippen molar-refractivity contribution < 1.29 is 18.0 Å². The number of halogens is 3. The number of fused-ring (bicyclic) bond motifs is 1. The van der Waals surface area contributed by atoms with Crippen LogP contribution < -0.4 is 10.9 Å². The summed E-state index contributed by atoms with van der Waals surface area (Å²) in [6.45, 7) is 2.33. The van der Waals surface area contributed by atoms with Gasteiger partial charge in [0, 0.05) is 41.6 Å². The molecule has 3 rings (SSSR count). The first-order chi connectivity index (χ1) is 12.3. The number of nitrogens with zero attached hydrogens (tertiary/aromatic N) is 2. The molecule has 26 heavy (non-hydrogen) atoms. The van der Waals surface area contributed by atoms with Crippen molar-refractivity contribution in [1.82, 2.24) is 9.13 Å². The van der Waals surface area contributed by atoms with Gasteiger partial charge in [-0.2, -0.15) is 13.2 Å². The third-order valence-electron chi connectivity index (χ3n) is 4.02. The molecule has 1 amide bonds. The van der Waals surface area contributed by atoms with Gasteiger partial charge in [0.15, 0.2) is 0 Å². The summed E-state index contributed by atoms with van der Waals surface area (Å²) in [6, 6.07) is 8.74. The van der Waals surface area contributed by atoms with Crippen LogP contribution in [0.25, 0.3) is 10.9 Å². The van der Waals surface area contributed by atoms with Crippen molar-refractivity contribution in [2.24, 2.45) is 0 Å². The van der Waals surface area contributed by atoms with Gasteiger partial charge in [-0.15, -0.1) is 0 Å². The minimum Gasteiger partial charge on any atom is -0.348 e. The van der Waals surface area contributed by atoms with E-state index in [9.17, 15) is 22.8 Å². The summed E-state index contributed by atoms with van der Waals surface area (Å²) >= 11 is 0. The number of alkyl halides is 3. The van der Waals surface area contributed by atoms with E-state index < -0.39 is 29.8 Å². The molecule has 0 aliphatic heterocycles. The first-order valence-corrected chi connectivity index (χ1v) is 7.94. The Balaban J connectivity index is 1.78. The number of hydrogen-bond donors (Lipinski definition) is 1. The highest BCUT2D eigenvalue weighted by Gasteiger charge is 2.31. The van der Waals surface area contributed by atoms with Gasteiger partial charge in [-0.25, -0.2) is 0 Å². The van der Waals surface area contributed by atoms with E-state index in [4.69, 9.17) is 0 Å². The zero-order chi connectivity index (χ0) is 18.9. The highest BCUT2D eigenvalue weighted by Crippen LogP contribution is 2.28. The van der Waals surface area contributed by atoms with E-state index in [1.165, 1.54) is 0 Å². The van der Waals surface area contributed by atoms with Crippen molar-refractivity contribution >= 4 is 22.5 Å². The molecule has 0 spiro atoms. The summed E-state index contributed by atoms with van der Waals surface area (Å²) in [4.78, 5) is 23.8. The molecule has 2 aromatic heterocycles. The van der Waals surface area contributed by atoms with E-state index in [1.54, 1.807) is 12.1 Å². The lowest BCUT2D eigenvalue weighted by Crippen LogP contribution is -2.28. The van der Waals surface area contributed by atoms with Gasteiger partial charge < -0.3 is 14.5 Å². The van der Waals surface area contributed by atoms with Crippen molar-refractivity contribution in [3.8, 4) is 0 Å². The second-order valence-corrected chi connectivity index (χ2v) is 5.81. The average Bonchev–Trinajstić information content (AvgIpc) is 2.98. The monoisotopic (exact) mass is 363 g/mol. The molecule has 0 radical (unpaired) electrons. The fraction of sp³-hybridized carbons (Fsp3) is 0.222. The summed E-state index contributed by atoms with van der Waals surface area (Å²) < 4.78 is 41.0. The van der Waals surface area contributed by atoms with Gasteiger partial charge in [0.05, 0.1) is 5.56 Å². The Morgan fingerprint density at radius 2 is 1.88 bits per heavy atom. The molecule has 5 nitrogen and oxygen atoms in total. The number of pyridine rings is 1. The van der Waals surface area contributed by atoms with Crippen LogP contribution in [-0.4, -0.2) is 15.0 Å². The highest BCUT2D eigenvalue weighted by atomic mass is 19.4. The van der Waals surface area contributed by atoms with Gasteiger partial charge in [0.1, 0.15) is 6.54 Å². The normalized spacial score (nSPS) is 11.7.